The maximum absolute atomic E-state index is 10.4. The average molecular weight is 310 g/mol. The van der Waals surface area contributed by atoms with Gasteiger partial charge < -0.3 is 19.1 Å². The second-order valence-electron chi connectivity index (χ2n) is 4.00. The van der Waals surface area contributed by atoms with Crippen molar-refractivity contribution in [3.8, 4) is 22.9 Å². The van der Waals surface area contributed by atoms with Crippen molar-refractivity contribution in [3.63, 3.8) is 0 Å². The Labute approximate surface area is 125 Å². The van der Waals surface area contributed by atoms with E-state index in [4.69, 9.17) is 19.1 Å². The van der Waals surface area contributed by atoms with Crippen molar-refractivity contribution >= 4 is 17.7 Å². The monoisotopic (exact) mass is 310 g/mol. The Morgan fingerprint density at radius 3 is 2.52 bits per heavy atom. The minimum atomic E-state index is -0.878. The number of carboxylic acid groups (broad SMARTS) is 1. The van der Waals surface area contributed by atoms with Crippen LogP contribution in [0.5, 0.6) is 11.5 Å². The maximum Gasteiger partial charge on any atom is 0.313 e. The van der Waals surface area contributed by atoms with Crippen LogP contribution < -0.4 is 9.47 Å². The van der Waals surface area contributed by atoms with Gasteiger partial charge in [0.1, 0.15) is 11.5 Å². The number of hydrogen-bond acceptors (Lipinski definition) is 7. The third-order valence-corrected chi connectivity index (χ3v) is 3.43. The minimum Gasteiger partial charge on any atom is -0.497 e. The molecule has 1 heterocycles. The molecule has 0 aliphatic heterocycles. The van der Waals surface area contributed by atoms with E-state index >= 15 is 0 Å². The topological polar surface area (TPSA) is 94.7 Å². The minimum absolute atomic E-state index is 0.00923. The largest absolute Gasteiger partial charge is 0.497 e. The van der Waals surface area contributed by atoms with E-state index < -0.39 is 5.97 Å². The lowest BCUT2D eigenvalue weighted by molar-refractivity contribution is -0.133. The SMILES string of the molecule is COc1cc(OC)cc(-c2noc(CSCC(=O)O)n2)c1. The van der Waals surface area contributed by atoms with Gasteiger partial charge in [-0.3, -0.25) is 4.79 Å². The number of carboxylic acids is 1. The van der Waals surface area contributed by atoms with Gasteiger partial charge in [-0.2, -0.15) is 4.98 Å². The second-order valence-corrected chi connectivity index (χ2v) is 4.99. The molecule has 0 saturated heterocycles. The zero-order chi connectivity index (χ0) is 15.2. The first-order valence-corrected chi connectivity index (χ1v) is 7.13. The van der Waals surface area contributed by atoms with Crippen molar-refractivity contribution in [1.82, 2.24) is 10.1 Å². The summed E-state index contributed by atoms with van der Waals surface area (Å²) in [7, 11) is 3.12. The van der Waals surface area contributed by atoms with Crippen LogP contribution in [0.1, 0.15) is 5.89 Å². The summed E-state index contributed by atoms with van der Waals surface area (Å²) in [4.78, 5) is 14.7. The van der Waals surface area contributed by atoms with Crippen molar-refractivity contribution in [2.75, 3.05) is 20.0 Å². The van der Waals surface area contributed by atoms with Gasteiger partial charge in [0.25, 0.3) is 0 Å². The van der Waals surface area contributed by atoms with Crippen LogP contribution in [0.15, 0.2) is 22.7 Å². The first-order chi connectivity index (χ1) is 10.1. The highest BCUT2D eigenvalue weighted by Crippen LogP contribution is 2.28. The Balaban J connectivity index is 2.15. The number of aliphatic carboxylic acids is 1. The highest BCUT2D eigenvalue weighted by atomic mass is 32.2. The van der Waals surface area contributed by atoms with Gasteiger partial charge in [0, 0.05) is 11.6 Å². The molecule has 1 aromatic carbocycles. The highest BCUT2D eigenvalue weighted by molar-refractivity contribution is 7.99. The van der Waals surface area contributed by atoms with E-state index in [2.05, 4.69) is 10.1 Å². The molecular formula is C13H14N2O5S. The molecule has 0 bridgehead atoms. The number of ether oxygens (including phenoxy) is 2. The van der Waals surface area contributed by atoms with Gasteiger partial charge in [-0.1, -0.05) is 5.16 Å². The summed E-state index contributed by atoms with van der Waals surface area (Å²) in [5.41, 5.74) is 0.699. The Hall–Kier alpha value is -2.22. The summed E-state index contributed by atoms with van der Waals surface area (Å²) in [6.45, 7) is 0. The molecule has 0 atom stereocenters. The Kier molecular flexibility index (Phi) is 5.04. The fraction of sp³-hybridized carbons (Fsp3) is 0.308. The van der Waals surface area contributed by atoms with E-state index in [0.29, 0.717) is 34.5 Å². The van der Waals surface area contributed by atoms with Crippen molar-refractivity contribution in [3.05, 3.63) is 24.1 Å². The number of rotatable bonds is 7. The first kappa shape index (κ1) is 15.2. The molecule has 1 aromatic heterocycles. The Morgan fingerprint density at radius 2 is 1.95 bits per heavy atom. The normalized spacial score (nSPS) is 10.4. The maximum atomic E-state index is 10.4. The van der Waals surface area contributed by atoms with Gasteiger partial charge in [0.05, 0.1) is 25.7 Å². The lowest BCUT2D eigenvalue weighted by atomic mass is 10.2. The molecule has 0 amide bonds. The number of methoxy groups -OCH3 is 2. The molecule has 2 aromatic rings. The number of hydrogen-bond donors (Lipinski definition) is 1. The van der Waals surface area contributed by atoms with Crippen LogP contribution in [0.25, 0.3) is 11.4 Å². The summed E-state index contributed by atoms with van der Waals surface area (Å²) >= 11 is 1.19. The molecule has 0 saturated carbocycles. The smallest absolute Gasteiger partial charge is 0.313 e. The average Bonchev–Trinajstić information content (AvgIpc) is 2.95. The van der Waals surface area contributed by atoms with Crippen molar-refractivity contribution in [1.29, 1.82) is 0 Å². The van der Waals surface area contributed by atoms with Crippen LogP contribution in [0.4, 0.5) is 0 Å². The van der Waals surface area contributed by atoms with Crippen molar-refractivity contribution in [2.45, 2.75) is 5.75 Å². The van der Waals surface area contributed by atoms with E-state index in [1.807, 2.05) is 0 Å². The quantitative estimate of drug-likeness (QED) is 0.830. The fourth-order valence-electron chi connectivity index (χ4n) is 1.59. The highest BCUT2D eigenvalue weighted by Gasteiger charge is 2.12. The van der Waals surface area contributed by atoms with Crippen LogP contribution >= 0.6 is 11.8 Å². The Bertz CT molecular complexity index is 607. The number of aromatic nitrogens is 2. The van der Waals surface area contributed by atoms with Gasteiger partial charge in [0.15, 0.2) is 0 Å². The van der Waals surface area contributed by atoms with E-state index in [1.54, 1.807) is 32.4 Å². The van der Waals surface area contributed by atoms with Gasteiger partial charge in [-0.05, 0) is 12.1 Å². The number of carbonyl (C=O) groups is 1. The van der Waals surface area contributed by atoms with Gasteiger partial charge in [0.2, 0.25) is 11.7 Å². The number of thioether (sulfide) groups is 1. The van der Waals surface area contributed by atoms with E-state index in [1.165, 1.54) is 11.8 Å². The molecule has 8 heteroatoms. The molecule has 0 aliphatic rings. The van der Waals surface area contributed by atoms with Gasteiger partial charge in [-0.15, -0.1) is 11.8 Å². The lowest BCUT2D eigenvalue weighted by Gasteiger charge is -2.05. The van der Waals surface area contributed by atoms with Crippen LogP contribution in [0.2, 0.25) is 0 Å². The van der Waals surface area contributed by atoms with Crippen LogP contribution in [-0.4, -0.2) is 41.2 Å². The molecule has 0 fully saturated rings. The zero-order valence-electron chi connectivity index (χ0n) is 11.5. The molecule has 0 spiro atoms. The zero-order valence-corrected chi connectivity index (χ0v) is 12.3. The molecule has 21 heavy (non-hydrogen) atoms. The number of benzene rings is 1. The standard InChI is InChI=1S/C13H14N2O5S/c1-18-9-3-8(4-10(5-9)19-2)13-14-11(20-15-13)6-21-7-12(16)17/h3-5H,6-7H2,1-2H3,(H,16,17). The molecule has 7 nitrogen and oxygen atoms in total. The summed E-state index contributed by atoms with van der Waals surface area (Å²) in [6.07, 6.45) is 0. The van der Waals surface area contributed by atoms with Crippen molar-refractivity contribution in [2.24, 2.45) is 0 Å². The van der Waals surface area contributed by atoms with Crippen LogP contribution in [0, 0.1) is 0 Å². The second kappa shape index (κ2) is 6.98. The van der Waals surface area contributed by atoms with Gasteiger partial charge >= 0.3 is 5.97 Å². The molecular weight excluding hydrogens is 296 g/mol. The van der Waals surface area contributed by atoms with Crippen LogP contribution in [-0.2, 0) is 10.5 Å². The third-order valence-electron chi connectivity index (χ3n) is 2.53. The molecule has 0 aliphatic carbocycles. The Morgan fingerprint density at radius 1 is 1.29 bits per heavy atom. The predicted molar refractivity (Wildman–Crippen MR) is 76.6 cm³/mol. The third kappa shape index (κ3) is 4.12. The van der Waals surface area contributed by atoms with E-state index in [9.17, 15) is 4.79 Å². The fourth-order valence-corrected chi connectivity index (χ4v) is 2.16. The lowest BCUT2D eigenvalue weighted by Crippen LogP contribution is -1.98. The molecule has 112 valence electrons. The summed E-state index contributed by atoms with van der Waals surface area (Å²) in [5.74, 6) is 1.48. The molecule has 0 unspecified atom stereocenters. The number of nitrogens with zero attached hydrogens (tertiary/aromatic N) is 2. The predicted octanol–water partition coefficient (Wildman–Crippen LogP) is 2.07. The van der Waals surface area contributed by atoms with E-state index in [-0.39, 0.29) is 5.75 Å². The van der Waals surface area contributed by atoms with Crippen LogP contribution in [0.3, 0.4) is 0 Å². The van der Waals surface area contributed by atoms with Crippen molar-refractivity contribution < 1.29 is 23.9 Å². The van der Waals surface area contributed by atoms with Gasteiger partial charge in [-0.25, -0.2) is 0 Å². The summed E-state index contributed by atoms with van der Waals surface area (Å²) in [5, 5.41) is 12.5. The molecule has 2 rings (SSSR count). The summed E-state index contributed by atoms with van der Waals surface area (Å²) in [6, 6.07) is 5.27. The first-order valence-electron chi connectivity index (χ1n) is 5.98. The van der Waals surface area contributed by atoms with E-state index in [0.717, 1.165) is 0 Å². The summed E-state index contributed by atoms with van der Waals surface area (Å²) < 4.78 is 15.5. The molecule has 1 N–H and O–H groups in total. The molecule has 0 radical (unpaired) electrons.